The van der Waals surface area contributed by atoms with Gasteiger partial charge in [-0.05, 0) is 26.8 Å². The third-order valence-corrected chi connectivity index (χ3v) is 3.69. The molecular formula is C13H22N2O5. The standard InChI is InChI=1S/C13H22N2O5/c1-4-14-13(2,3)12(20)15-6-5-8(10(16)17)9(7-15)11(18)19/h8-9,14H,4-7H2,1-3H3,(H,16,17)(H,18,19). The fraction of sp³-hybridized carbons (Fsp3) is 0.769. The quantitative estimate of drug-likeness (QED) is 0.657. The van der Waals surface area contributed by atoms with Crippen molar-refractivity contribution in [1.82, 2.24) is 10.2 Å². The summed E-state index contributed by atoms with van der Waals surface area (Å²) in [5, 5.41) is 21.2. The van der Waals surface area contributed by atoms with Crippen molar-refractivity contribution in [3.05, 3.63) is 0 Å². The van der Waals surface area contributed by atoms with Gasteiger partial charge in [-0.1, -0.05) is 6.92 Å². The van der Waals surface area contributed by atoms with Crippen LogP contribution >= 0.6 is 0 Å². The number of rotatable bonds is 5. The highest BCUT2D eigenvalue weighted by Crippen LogP contribution is 2.26. The van der Waals surface area contributed by atoms with Gasteiger partial charge in [-0.3, -0.25) is 14.4 Å². The lowest BCUT2D eigenvalue weighted by molar-refractivity contribution is -0.160. The Hall–Kier alpha value is -1.63. The fourth-order valence-corrected chi connectivity index (χ4v) is 2.60. The first kappa shape index (κ1) is 16.4. The molecule has 0 saturated carbocycles. The van der Waals surface area contributed by atoms with Gasteiger partial charge < -0.3 is 20.4 Å². The predicted molar refractivity (Wildman–Crippen MR) is 71.2 cm³/mol. The van der Waals surface area contributed by atoms with Gasteiger partial charge in [0, 0.05) is 13.1 Å². The molecule has 0 aromatic carbocycles. The molecule has 0 aromatic heterocycles. The van der Waals surface area contributed by atoms with Gasteiger partial charge >= 0.3 is 11.9 Å². The third kappa shape index (κ3) is 3.47. The summed E-state index contributed by atoms with van der Waals surface area (Å²) in [5.41, 5.74) is -0.784. The Kier molecular flexibility index (Phi) is 5.10. The molecule has 3 N–H and O–H groups in total. The molecule has 0 radical (unpaired) electrons. The Morgan fingerprint density at radius 1 is 1.20 bits per heavy atom. The SMILES string of the molecule is CCNC(C)(C)C(=O)N1CCC(C(=O)O)C(C(=O)O)C1. The summed E-state index contributed by atoms with van der Waals surface area (Å²) >= 11 is 0. The number of aliphatic carboxylic acids is 2. The normalized spacial score (nSPS) is 23.4. The van der Waals surface area contributed by atoms with Crippen LogP contribution in [0.15, 0.2) is 0 Å². The molecule has 0 bridgehead atoms. The van der Waals surface area contributed by atoms with Crippen molar-refractivity contribution in [1.29, 1.82) is 0 Å². The molecule has 1 rings (SSSR count). The number of carbonyl (C=O) groups is 3. The molecule has 1 saturated heterocycles. The summed E-state index contributed by atoms with van der Waals surface area (Å²) < 4.78 is 0. The van der Waals surface area contributed by atoms with E-state index in [4.69, 9.17) is 10.2 Å². The van der Waals surface area contributed by atoms with Crippen molar-refractivity contribution in [2.75, 3.05) is 19.6 Å². The number of piperidine rings is 1. The number of carboxylic acids is 2. The molecular weight excluding hydrogens is 264 g/mol. The van der Waals surface area contributed by atoms with Crippen LogP contribution in [0.3, 0.4) is 0 Å². The topological polar surface area (TPSA) is 107 Å². The van der Waals surface area contributed by atoms with Crippen LogP contribution in [0.2, 0.25) is 0 Å². The molecule has 1 fully saturated rings. The Labute approximate surface area is 117 Å². The summed E-state index contributed by atoms with van der Waals surface area (Å²) in [6.07, 6.45) is 0.167. The van der Waals surface area contributed by atoms with E-state index in [9.17, 15) is 14.4 Å². The Bertz CT molecular complexity index is 408. The zero-order valence-electron chi connectivity index (χ0n) is 12.0. The molecule has 1 heterocycles. The number of carboxylic acid groups (broad SMARTS) is 2. The van der Waals surface area contributed by atoms with Crippen LogP contribution in [-0.4, -0.2) is 58.1 Å². The second-order valence-electron chi connectivity index (χ2n) is 5.58. The van der Waals surface area contributed by atoms with E-state index in [1.165, 1.54) is 4.90 Å². The molecule has 114 valence electrons. The lowest BCUT2D eigenvalue weighted by Crippen LogP contribution is -2.58. The van der Waals surface area contributed by atoms with Gasteiger partial charge in [0.2, 0.25) is 5.91 Å². The number of amides is 1. The summed E-state index contributed by atoms with van der Waals surface area (Å²) in [7, 11) is 0. The predicted octanol–water partition coefficient (Wildman–Crippen LogP) is 0.00840. The van der Waals surface area contributed by atoms with Crippen LogP contribution in [0, 0.1) is 11.8 Å². The van der Waals surface area contributed by atoms with Crippen LogP contribution < -0.4 is 5.32 Å². The molecule has 0 aliphatic carbocycles. The first-order chi connectivity index (χ1) is 9.20. The molecule has 1 amide bonds. The van der Waals surface area contributed by atoms with Crippen molar-refractivity contribution < 1.29 is 24.6 Å². The van der Waals surface area contributed by atoms with E-state index in [2.05, 4.69) is 5.32 Å². The molecule has 20 heavy (non-hydrogen) atoms. The average Bonchev–Trinajstić information content (AvgIpc) is 2.36. The lowest BCUT2D eigenvalue weighted by atomic mass is 9.84. The third-order valence-electron chi connectivity index (χ3n) is 3.69. The second-order valence-corrected chi connectivity index (χ2v) is 5.58. The van der Waals surface area contributed by atoms with Crippen LogP contribution in [-0.2, 0) is 14.4 Å². The number of hydrogen-bond acceptors (Lipinski definition) is 4. The fourth-order valence-electron chi connectivity index (χ4n) is 2.60. The van der Waals surface area contributed by atoms with E-state index in [-0.39, 0.29) is 25.4 Å². The van der Waals surface area contributed by atoms with Crippen LogP contribution in [0.4, 0.5) is 0 Å². The molecule has 7 heteroatoms. The Balaban J connectivity index is 2.84. The van der Waals surface area contributed by atoms with Crippen LogP contribution in [0.25, 0.3) is 0 Å². The molecule has 2 unspecified atom stereocenters. The van der Waals surface area contributed by atoms with Crippen molar-refractivity contribution in [3.63, 3.8) is 0 Å². The summed E-state index contributed by atoms with van der Waals surface area (Å²) in [5.74, 6) is -4.47. The highest BCUT2D eigenvalue weighted by atomic mass is 16.4. The minimum absolute atomic E-state index is 0.0556. The first-order valence-corrected chi connectivity index (χ1v) is 6.70. The van der Waals surface area contributed by atoms with Crippen molar-refractivity contribution in [2.24, 2.45) is 11.8 Å². The molecule has 0 aromatic rings. The van der Waals surface area contributed by atoms with Crippen molar-refractivity contribution in [3.8, 4) is 0 Å². The lowest BCUT2D eigenvalue weighted by Gasteiger charge is -2.38. The highest BCUT2D eigenvalue weighted by molar-refractivity contribution is 5.87. The van der Waals surface area contributed by atoms with Gasteiger partial charge in [-0.2, -0.15) is 0 Å². The van der Waals surface area contributed by atoms with Gasteiger partial charge in [0.1, 0.15) is 0 Å². The zero-order chi connectivity index (χ0) is 15.5. The zero-order valence-corrected chi connectivity index (χ0v) is 12.0. The van der Waals surface area contributed by atoms with E-state index in [0.717, 1.165) is 0 Å². The number of nitrogens with one attached hydrogen (secondary N) is 1. The minimum atomic E-state index is -1.17. The highest BCUT2D eigenvalue weighted by Gasteiger charge is 2.42. The van der Waals surface area contributed by atoms with E-state index in [1.54, 1.807) is 13.8 Å². The van der Waals surface area contributed by atoms with Gasteiger partial charge in [-0.15, -0.1) is 0 Å². The summed E-state index contributed by atoms with van der Waals surface area (Å²) in [6.45, 7) is 6.18. The van der Waals surface area contributed by atoms with Gasteiger partial charge in [0.15, 0.2) is 0 Å². The monoisotopic (exact) mass is 286 g/mol. The largest absolute Gasteiger partial charge is 0.481 e. The maximum Gasteiger partial charge on any atom is 0.309 e. The van der Waals surface area contributed by atoms with E-state index >= 15 is 0 Å². The number of nitrogens with zero attached hydrogens (tertiary/aromatic N) is 1. The first-order valence-electron chi connectivity index (χ1n) is 6.70. The summed E-state index contributed by atoms with van der Waals surface area (Å²) in [6, 6.07) is 0. The van der Waals surface area contributed by atoms with Gasteiger partial charge in [-0.25, -0.2) is 0 Å². The van der Waals surface area contributed by atoms with Crippen molar-refractivity contribution >= 4 is 17.8 Å². The van der Waals surface area contributed by atoms with Crippen LogP contribution in [0.5, 0.6) is 0 Å². The average molecular weight is 286 g/mol. The van der Waals surface area contributed by atoms with E-state index in [1.807, 2.05) is 6.92 Å². The molecule has 7 nitrogen and oxygen atoms in total. The van der Waals surface area contributed by atoms with Gasteiger partial charge in [0.05, 0.1) is 17.4 Å². The Morgan fingerprint density at radius 2 is 1.75 bits per heavy atom. The van der Waals surface area contributed by atoms with Gasteiger partial charge in [0.25, 0.3) is 0 Å². The van der Waals surface area contributed by atoms with E-state index < -0.39 is 29.3 Å². The Morgan fingerprint density at radius 3 is 2.20 bits per heavy atom. The molecule has 2 atom stereocenters. The number of likely N-dealkylation sites (tertiary alicyclic amines) is 1. The maximum absolute atomic E-state index is 12.4. The van der Waals surface area contributed by atoms with E-state index in [0.29, 0.717) is 6.54 Å². The molecule has 0 spiro atoms. The number of likely N-dealkylation sites (N-methyl/N-ethyl adjacent to an activating group) is 1. The smallest absolute Gasteiger partial charge is 0.309 e. The number of hydrogen-bond donors (Lipinski definition) is 3. The second kappa shape index (κ2) is 6.21. The number of carbonyl (C=O) groups excluding carboxylic acids is 1. The maximum atomic E-state index is 12.4. The minimum Gasteiger partial charge on any atom is -0.481 e. The summed E-state index contributed by atoms with van der Waals surface area (Å²) in [4.78, 5) is 36.1. The molecule has 1 aliphatic rings. The van der Waals surface area contributed by atoms with Crippen molar-refractivity contribution in [2.45, 2.75) is 32.7 Å². The van der Waals surface area contributed by atoms with Crippen LogP contribution in [0.1, 0.15) is 27.2 Å². The molecule has 1 aliphatic heterocycles.